The van der Waals surface area contributed by atoms with Crippen LogP contribution in [-0.2, 0) is 11.3 Å². The molecule has 0 aromatic heterocycles. The van der Waals surface area contributed by atoms with Crippen LogP contribution in [0.15, 0.2) is 18.2 Å². The Morgan fingerprint density at radius 2 is 2.29 bits per heavy atom. The molecule has 4 nitrogen and oxygen atoms in total. The van der Waals surface area contributed by atoms with Gasteiger partial charge in [-0.05, 0) is 30.5 Å². The van der Waals surface area contributed by atoms with Crippen LogP contribution in [0.5, 0.6) is 0 Å². The van der Waals surface area contributed by atoms with E-state index in [0.29, 0.717) is 6.04 Å². The minimum atomic E-state index is 0.271. The van der Waals surface area contributed by atoms with Crippen molar-refractivity contribution in [2.24, 2.45) is 0 Å². The van der Waals surface area contributed by atoms with Crippen molar-refractivity contribution >= 4 is 5.69 Å². The molecule has 1 fully saturated rings. The van der Waals surface area contributed by atoms with Gasteiger partial charge in [0.05, 0.1) is 17.4 Å². The molecule has 0 amide bonds. The second-order valence-electron chi connectivity index (χ2n) is 5.94. The summed E-state index contributed by atoms with van der Waals surface area (Å²) in [6.07, 6.45) is 2.48. The average molecular weight is 287 g/mol. The van der Waals surface area contributed by atoms with Crippen molar-refractivity contribution in [3.63, 3.8) is 0 Å². The third-order valence-electron chi connectivity index (χ3n) is 3.95. The molecule has 114 valence electrons. The third kappa shape index (κ3) is 4.20. The lowest BCUT2D eigenvalue weighted by atomic mass is 10.0. The Morgan fingerprint density at radius 1 is 1.48 bits per heavy atom. The highest BCUT2D eigenvalue weighted by molar-refractivity contribution is 5.60. The molecule has 1 aliphatic rings. The van der Waals surface area contributed by atoms with E-state index in [1.165, 1.54) is 0 Å². The minimum absolute atomic E-state index is 0.271. The number of benzene rings is 1. The van der Waals surface area contributed by atoms with Crippen molar-refractivity contribution in [1.82, 2.24) is 5.32 Å². The highest BCUT2D eigenvalue weighted by Gasteiger charge is 2.21. The van der Waals surface area contributed by atoms with Gasteiger partial charge in [0, 0.05) is 32.8 Å². The molecule has 1 N–H and O–H groups in total. The van der Waals surface area contributed by atoms with Gasteiger partial charge >= 0.3 is 0 Å². The molecule has 1 saturated heterocycles. The maximum absolute atomic E-state index is 9.45. The molecule has 1 heterocycles. The number of nitriles is 1. The SMILES string of the molecule is COC1CCCN(c2ccc(CNC(C)C)cc2C#N)C1. The fraction of sp³-hybridized carbons (Fsp3) is 0.588. The van der Waals surface area contributed by atoms with E-state index in [-0.39, 0.29) is 6.10 Å². The van der Waals surface area contributed by atoms with Gasteiger partial charge < -0.3 is 15.0 Å². The quantitative estimate of drug-likeness (QED) is 0.904. The van der Waals surface area contributed by atoms with E-state index in [9.17, 15) is 5.26 Å². The molecule has 1 aromatic rings. The van der Waals surface area contributed by atoms with E-state index in [1.54, 1.807) is 7.11 Å². The van der Waals surface area contributed by atoms with Crippen LogP contribution < -0.4 is 10.2 Å². The molecule has 0 spiro atoms. The molecule has 21 heavy (non-hydrogen) atoms. The Kier molecular flexibility index (Phi) is 5.60. The largest absolute Gasteiger partial charge is 0.380 e. The van der Waals surface area contributed by atoms with Gasteiger partial charge in [0.15, 0.2) is 0 Å². The fourth-order valence-electron chi connectivity index (χ4n) is 2.73. The minimum Gasteiger partial charge on any atom is -0.380 e. The smallest absolute Gasteiger partial charge is 0.101 e. The Bertz CT molecular complexity index is 507. The summed E-state index contributed by atoms with van der Waals surface area (Å²) in [7, 11) is 1.76. The van der Waals surface area contributed by atoms with Gasteiger partial charge in [0.1, 0.15) is 6.07 Å². The molecule has 4 heteroatoms. The zero-order valence-electron chi connectivity index (χ0n) is 13.2. The maximum Gasteiger partial charge on any atom is 0.101 e. The van der Waals surface area contributed by atoms with E-state index in [1.807, 2.05) is 6.07 Å². The molecule has 0 radical (unpaired) electrons. The summed E-state index contributed by atoms with van der Waals surface area (Å²) in [5.41, 5.74) is 2.95. The number of hydrogen-bond acceptors (Lipinski definition) is 4. The zero-order chi connectivity index (χ0) is 15.2. The van der Waals surface area contributed by atoms with Gasteiger partial charge in [-0.25, -0.2) is 0 Å². The van der Waals surface area contributed by atoms with Crippen molar-refractivity contribution in [3.8, 4) is 6.07 Å². The predicted octanol–water partition coefficient (Wildman–Crippen LogP) is 2.67. The highest BCUT2D eigenvalue weighted by Crippen LogP contribution is 2.25. The first kappa shape index (κ1) is 15.8. The highest BCUT2D eigenvalue weighted by atomic mass is 16.5. The molecule has 1 aromatic carbocycles. The van der Waals surface area contributed by atoms with Gasteiger partial charge in [-0.3, -0.25) is 0 Å². The van der Waals surface area contributed by atoms with Crippen molar-refractivity contribution in [2.45, 2.75) is 45.4 Å². The van der Waals surface area contributed by atoms with Gasteiger partial charge in [-0.15, -0.1) is 0 Å². The van der Waals surface area contributed by atoms with Crippen LogP contribution in [0.3, 0.4) is 0 Å². The van der Waals surface area contributed by atoms with Gasteiger partial charge in [0.2, 0.25) is 0 Å². The van der Waals surface area contributed by atoms with Crippen LogP contribution >= 0.6 is 0 Å². The van der Waals surface area contributed by atoms with Crippen LogP contribution in [0.25, 0.3) is 0 Å². The Balaban J connectivity index is 2.14. The summed E-state index contributed by atoms with van der Waals surface area (Å²) < 4.78 is 5.47. The summed E-state index contributed by atoms with van der Waals surface area (Å²) in [5.74, 6) is 0. The molecular weight excluding hydrogens is 262 g/mol. The van der Waals surface area contributed by atoms with Crippen LogP contribution in [0.4, 0.5) is 5.69 Å². The summed E-state index contributed by atoms with van der Waals surface area (Å²) >= 11 is 0. The van der Waals surface area contributed by atoms with Crippen molar-refractivity contribution < 1.29 is 4.74 Å². The number of nitrogens with zero attached hydrogens (tertiary/aromatic N) is 2. The first-order valence-corrected chi connectivity index (χ1v) is 7.68. The fourth-order valence-corrected chi connectivity index (χ4v) is 2.73. The molecular formula is C17H25N3O. The Morgan fingerprint density at radius 3 is 2.95 bits per heavy atom. The standard InChI is InChI=1S/C17H25N3O/c1-13(2)19-11-14-6-7-17(15(9-14)10-18)20-8-4-5-16(12-20)21-3/h6-7,9,13,16,19H,4-5,8,11-12H2,1-3H3. The van der Waals surface area contributed by atoms with Crippen LogP contribution in [0.2, 0.25) is 0 Å². The number of hydrogen-bond donors (Lipinski definition) is 1. The van der Waals surface area contributed by atoms with Crippen molar-refractivity contribution in [2.75, 3.05) is 25.1 Å². The topological polar surface area (TPSA) is 48.3 Å². The van der Waals surface area contributed by atoms with E-state index in [0.717, 1.165) is 49.3 Å². The molecule has 0 saturated carbocycles. The number of methoxy groups -OCH3 is 1. The first-order valence-electron chi connectivity index (χ1n) is 7.68. The number of piperidine rings is 1. The summed E-state index contributed by atoms with van der Waals surface area (Å²) in [4.78, 5) is 2.27. The Labute approximate surface area is 127 Å². The van der Waals surface area contributed by atoms with Gasteiger partial charge in [0.25, 0.3) is 0 Å². The zero-order valence-corrected chi connectivity index (χ0v) is 13.2. The Hall–Kier alpha value is -1.57. The van der Waals surface area contributed by atoms with Gasteiger partial charge in [-0.1, -0.05) is 19.9 Å². The first-order chi connectivity index (χ1) is 10.1. The van der Waals surface area contributed by atoms with Crippen molar-refractivity contribution in [3.05, 3.63) is 29.3 Å². The van der Waals surface area contributed by atoms with E-state index < -0.39 is 0 Å². The van der Waals surface area contributed by atoms with E-state index >= 15 is 0 Å². The van der Waals surface area contributed by atoms with Gasteiger partial charge in [-0.2, -0.15) is 5.26 Å². The maximum atomic E-state index is 9.45. The number of rotatable bonds is 5. The second kappa shape index (κ2) is 7.44. The van der Waals surface area contributed by atoms with Crippen molar-refractivity contribution in [1.29, 1.82) is 5.26 Å². The average Bonchev–Trinajstić information content (AvgIpc) is 2.52. The van der Waals surface area contributed by atoms with Crippen LogP contribution in [0, 0.1) is 11.3 Å². The third-order valence-corrected chi connectivity index (χ3v) is 3.95. The molecule has 0 bridgehead atoms. The van der Waals surface area contributed by atoms with Crippen LogP contribution in [-0.4, -0.2) is 32.3 Å². The number of nitrogens with one attached hydrogen (secondary N) is 1. The second-order valence-corrected chi connectivity index (χ2v) is 5.94. The molecule has 1 aliphatic heterocycles. The lowest BCUT2D eigenvalue weighted by molar-refractivity contribution is 0.0893. The molecule has 1 atom stereocenters. The lowest BCUT2D eigenvalue weighted by Gasteiger charge is -2.34. The number of ether oxygens (including phenoxy) is 1. The molecule has 1 unspecified atom stereocenters. The summed E-state index contributed by atoms with van der Waals surface area (Å²) in [5, 5.41) is 12.8. The molecule has 0 aliphatic carbocycles. The lowest BCUT2D eigenvalue weighted by Crippen LogP contribution is -2.39. The van der Waals surface area contributed by atoms with E-state index in [4.69, 9.17) is 4.74 Å². The van der Waals surface area contributed by atoms with Crippen LogP contribution in [0.1, 0.15) is 37.8 Å². The van der Waals surface area contributed by atoms with E-state index in [2.05, 4.69) is 42.3 Å². The summed E-state index contributed by atoms with van der Waals surface area (Å²) in [6, 6.07) is 8.98. The predicted molar refractivity (Wildman–Crippen MR) is 85.4 cm³/mol. The molecule has 2 rings (SSSR count). The monoisotopic (exact) mass is 287 g/mol. The normalized spacial score (nSPS) is 18.8. The number of anilines is 1. The summed E-state index contributed by atoms with van der Waals surface area (Å²) in [6.45, 7) is 6.91.